The summed E-state index contributed by atoms with van der Waals surface area (Å²) < 4.78 is 5.63. The maximum Gasteiger partial charge on any atom is 0.224 e. The van der Waals surface area contributed by atoms with E-state index in [0.29, 0.717) is 19.6 Å². The fourth-order valence-electron chi connectivity index (χ4n) is 2.08. The molecule has 0 bridgehead atoms. The van der Waals surface area contributed by atoms with E-state index in [1.807, 2.05) is 13.8 Å². The molecular formula is C12H22N2O4. The zero-order valence-corrected chi connectivity index (χ0v) is 11.2. The Labute approximate surface area is 107 Å². The van der Waals surface area contributed by atoms with Gasteiger partial charge in [0.25, 0.3) is 0 Å². The Balaban J connectivity index is 2.48. The monoisotopic (exact) mass is 258 g/mol. The fraction of sp³-hybridized carbons (Fsp3) is 0.833. The molecule has 0 spiro atoms. The molecule has 0 saturated carbocycles. The van der Waals surface area contributed by atoms with Crippen LogP contribution >= 0.6 is 0 Å². The van der Waals surface area contributed by atoms with E-state index >= 15 is 0 Å². The third-order valence-electron chi connectivity index (χ3n) is 2.75. The third kappa shape index (κ3) is 4.62. The number of ether oxygens (including phenoxy) is 1. The number of nitrogens with one attached hydrogen (secondary N) is 1. The first-order valence-electron chi connectivity index (χ1n) is 6.15. The molecule has 104 valence electrons. The molecule has 2 N–H and O–H groups in total. The second-order valence-electron chi connectivity index (χ2n) is 5.19. The lowest BCUT2D eigenvalue weighted by molar-refractivity contribution is -0.166. The van der Waals surface area contributed by atoms with E-state index in [1.165, 1.54) is 6.92 Å². The first kappa shape index (κ1) is 14.9. The van der Waals surface area contributed by atoms with Crippen LogP contribution in [0.3, 0.4) is 0 Å². The van der Waals surface area contributed by atoms with Crippen LogP contribution in [0, 0.1) is 0 Å². The number of aliphatic hydroxyl groups excluding tert-OH is 1. The van der Waals surface area contributed by atoms with Crippen LogP contribution < -0.4 is 5.32 Å². The van der Waals surface area contributed by atoms with Gasteiger partial charge in [0.1, 0.15) is 0 Å². The lowest BCUT2D eigenvalue weighted by Gasteiger charge is -2.42. The molecule has 0 aliphatic carbocycles. The predicted molar refractivity (Wildman–Crippen MR) is 65.9 cm³/mol. The molecule has 2 amide bonds. The topological polar surface area (TPSA) is 78.9 Å². The van der Waals surface area contributed by atoms with E-state index in [0.717, 1.165) is 0 Å². The first-order valence-corrected chi connectivity index (χ1v) is 6.15. The van der Waals surface area contributed by atoms with Crippen molar-refractivity contribution in [1.29, 1.82) is 0 Å². The highest BCUT2D eigenvalue weighted by atomic mass is 16.5. The number of aliphatic hydroxyl groups is 1. The third-order valence-corrected chi connectivity index (χ3v) is 2.75. The summed E-state index contributed by atoms with van der Waals surface area (Å²) in [5, 5.41) is 11.7. The Morgan fingerprint density at radius 1 is 1.50 bits per heavy atom. The van der Waals surface area contributed by atoms with E-state index < -0.39 is 5.60 Å². The van der Waals surface area contributed by atoms with Gasteiger partial charge in [-0.2, -0.15) is 0 Å². The smallest absolute Gasteiger partial charge is 0.224 e. The van der Waals surface area contributed by atoms with Gasteiger partial charge < -0.3 is 20.1 Å². The molecule has 1 aliphatic heterocycles. The minimum absolute atomic E-state index is 0.0291. The number of carbonyl (C=O) groups is 2. The minimum atomic E-state index is -0.449. The molecule has 1 atom stereocenters. The van der Waals surface area contributed by atoms with Crippen molar-refractivity contribution in [3.63, 3.8) is 0 Å². The molecule has 0 aromatic heterocycles. The summed E-state index contributed by atoms with van der Waals surface area (Å²) in [6.07, 6.45) is -0.0631. The van der Waals surface area contributed by atoms with Crippen molar-refractivity contribution >= 4 is 11.8 Å². The van der Waals surface area contributed by atoms with Gasteiger partial charge in [0.2, 0.25) is 11.8 Å². The zero-order chi connectivity index (χ0) is 13.8. The van der Waals surface area contributed by atoms with Gasteiger partial charge in [-0.05, 0) is 13.8 Å². The number of carbonyl (C=O) groups excluding carboxylic acids is 2. The SMILES string of the molecule is CC(=O)NCCC(=O)N1CC(CO)OC(C)(C)C1. The molecular weight excluding hydrogens is 236 g/mol. The van der Waals surface area contributed by atoms with Crippen molar-refractivity contribution in [3.05, 3.63) is 0 Å². The summed E-state index contributed by atoms with van der Waals surface area (Å²) in [5.74, 6) is -0.170. The van der Waals surface area contributed by atoms with Gasteiger partial charge in [-0.25, -0.2) is 0 Å². The molecule has 0 aromatic carbocycles. The zero-order valence-electron chi connectivity index (χ0n) is 11.2. The van der Waals surface area contributed by atoms with Gasteiger partial charge in [-0.3, -0.25) is 9.59 Å². The minimum Gasteiger partial charge on any atom is -0.394 e. The van der Waals surface area contributed by atoms with Crippen LogP contribution in [0.4, 0.5) is 0 Å². The largest absolute Gasteiger partial charge is 0.394 e. The highest BCUT2D eigenvalue weighted by molar-refractivity contribution is 5.78. The van der Waals surface area contributed by atoms with Crippen molar-refractivity contribution in [3.8, 4) is 0 Å². The Morgan fingerprint density at radius 2 is 2.17 bits per heavy atom. The van der Waals surface area contributed by atoms with Crippen LogP contribution in [0.25, 0.3) is 0 Å². The molecule has 1 unspecified atom stereocenters. The lowest BCUT2D eigenvalue weighted by atomic mass is 10.0. The van der Waals surface area contributed by atoms with Crippen LogP contribution in [0.15, 0.2) is 0 Å². The first-order chi connectivity index (χ1) is 8.34. The van der Waals surface area contributed by atoms with Gasteiger partial charge in [0.05, 0.1) is 18.3 Å². The Kier molecular flexibility index (Phi) is 5.10. The highest BCUT2D eigenvalue weighted by Crippen LogP contribution is 2.21. The molecule has 1 heterocycles. The maximum absolute atomic E-state index is 12.0. The molecule has 0 aromatic rings. The van der Waals surface area contributed by atoms with Crippen molar-refractivity contribution in [1.82, 2.24) is 10.2 Å². The maximum atomic E-state index is 12.0. The van der Waals surface area contributed by atoms with Crippen LogP contribution in [0.1, 0.15) is 27.2 Å². The number of hydrogen-bond acceptors (Lipinski definition) is 4. The summed E-state index contributed by atoms with van der Waals surface area (Å²) in [5.41, 5.74) is -0.449. The second-order valence-corrected chi connectivity index (χ2v) is 5.19. The van der Waals surface area contributed by atoms with Crippen LogP contribution in [-0.4, -0.2) is 59.8 Å². The molecule has 1 aliphatic rings. The van der Waals surface area contributed by atoms with E-state index in [2.05, 4.69) is 5.32 Å². The summed E-state index contributed by atoms with van der Waals surface area (Å²) in [6, 6.07) is 0. The highest BCUT2D eigenvalue weighted by Gasteiger charge is 2.34. The van der Waals surface area contributed by atoms with Crippen molar-refractivity contribution in [2.75, 3.05) is 26.2 Å². The fourth-order valence-corrected chi connectivity index (χ4v) is 2.08. The van der Waals surface area contributed by atoms with E-state index in [4.69, 9.17) is 9.84 Å². The molecule has 1 fully saturated rings. The Morgan fingerprint density at radius 3 is 2.72 bits per heavy atom. The normalized spacial score (nSPS) is 22.7. The van der Waals surface area contributed by atoms with Crippen LogP contribution in [0.5, 0.6) is 0 Å². The summed E-state index contributed by atoms with van der Waals surface area (Å²) >= 11 is 0. The lowest BCUT2D eigenvalue weighted by Crippen LogP contribution is -2.55. The quantitative estimate of drug-likeness (QED) is 0.713. The van der Waals surface area contributed by atoms with Gasteiger partial charge in [0.15, 0.2) is 0 Å². The number of hydrogen-bond donors (Lipinski definition) is 2. The molecule has 0 radical (unpaired) electrons. The van der Waals surface area contributed by atoms with Gasteiger partial charge >= 0.3 is 0 Å². The van der Waals surface area contributed by atoms with E-state index in [-0.39, 0.29) is 30.9 Å². The second kappa shape index (κ2) is 6.15. The van der Waals surface area contributed by atoms with Crippen molar-refractivity contribution < 1.29 is 19.4 Å². The van der Waals surface area contributed by atoms with Crippen molar-refractivity contribution in [2.45, 2.75) is 38.9 Å². The summed E-state index contributed by atoms with van der Waals surface area (Å²) in [4.78, 5) is 24.4. The standard InChI is InChI=1S/C12H22N2O4/c1-9(16)13-5-4-11(17)14-6-10(7-15)18-12(2,3)8-14/h10,15H,4-8H2,1-3H3,(H,13,16). The average Bonchev–Trinajstić information content (AvgIpc) is 2.26. The van der Waals surface area contributed by atoms with Crippen LogP contribution in [0.2, 0.25) is 0 Å². The van der Waals surface area contributed by atoms with Gasteiger partial charge in [0, 0.05) is 33.0 Å². The summed E-state index contributed by atoms with van der Waals surface area (Å²) in [6.45, 7) is 6.35. The van der Waals surface area contributed by atoms with Crippen molar-refractivity contribution in [2.24, 2.45) is 0 Å². The Hall–Kier alpha value is -1.14. The predicted octanol–water partition coefficient (Wildman–Crippen LogP) is -0.489. The number of rotatable bonds is 4. The molecule has 6 heteroatoms. The van der Waals surface area contributed by atoms with Gasteiger partial charge in [-0.15, -0.1) is 0 Å². The molecule has 1 saturated heterocycles. The van der Waals surface area contributed by atoms with Gasteiger partial charge in [-0.1, -0.05) is 0 Å². The molecule has 6 nitrogen and oxygen atoms in total. The summed E-state index contributed by atoms with van der Waals surface area (Å²) in [7, 11) is 0. The Bertz CT molecular complexity index is 317. The molecule has 18 heavy (non-hydrogen) atoms. The molecule has 1 rings (SSSR count). The number of amides is 2. The van der Waals surface area contributed by atoms with E-state index in [9.17, 15) is 9.59 Å². The van der Waals surface area contributed by atoms with E-state index in [1.54, 1.807) is 4.90 Å². The average molecular weight is 258 g/mol. The number of morpholine rings is 1. The van der Waals surface area contributed by atoms with Crippen LogP contribution in [-0.2, 0) is 14.3 Å². The number of nitrogens with zero attached hydrogens (tertiary/aromatic N) is 1.